The predicted molar refractivity (Wildman–Crippen MR) is 116 cm³/mol. The number of hydrogen-bond donors (Lipinski definition) is 2. The van der Waals surface area contributed by atoms with Gasteiger partial charge in [0.05, 0.1) is 30.6 Å². The van der Waals surface area contributed by atoms with E-state index >= 15 is 0 Å². The van der Waals surface area contributed by atoms with Crippen molar-refractivity contribution in [2.45, 2.75) is 32.6 Å². The number of carboxylic acid groups (broad SMARTS) is 1. The Balaban J connectivity index is 1.46. The third-order valence-electron chi connectivity index (χ3n) is 7.31. The fourth-order valence-corrected chi connectivity index (χ4v) is 7.11. The molecule has 2 amide bonds. The van der Waals surface area contributed by atoms with Crippen LogP contribution in [0, 0.1) is 29.6 Å². The van der Waals surface area contributed by atoms with Crippen molar-refractivity contribution in [1.82, 2.24) is 4.90 Å². The summed E-state index contributed by atoms with van der Waals surface area (Å²) in [4.78, 5) is 41.6. The Morgan fingerprint density at radius 1 is 1.16 bits per heavy atom. The largest absolute Gasteiger partial charge is 0.481 e. The lowest BCUT2D eigenvalue weighted by atomic mass is 9.82. The van der Waals surface area contributed by atoms with Crippen LogP contribution >= 0.6 is 11.3 Å². The number of ether oxygens (including phenoxy) is 1. The van der Waals surface area contributed by atoms with Gasteiger partial charge in [0.1, 0.15) is 5.00 Å². The van der Waals surface area contributed by atoms with Crippen molar-refractivity contribution in [3.8, 4) is 0 Å². The maximum atomic E-state index is 13.5. The number of nitrogens with one attached hydrogen (secondary N) is 1. The van der Waals surface area contributed by atoms with Crippen molar-refractivity contribution in [3.05, 3.63) is 28.2 Å². The first-order chi connectivity index (χ1) is 14.9. The van der Waals surface area contributed by atoms with Crippen LogP contribution in [0.5, 0.6) is 0 Å². The molecule has 1 saturated carbocycles. The zero-order valence-electron chi connectivity index (χ0n) is 17.6. The minimum absolute atomic E-state index is 0.0425. The molecule has 7 nitrogen and oxygen atoms in total. The normalized spacial score (nSPS) is 31.5. The number of carbonyl (C=O) groups excluding carboxylic acids is 2. The van der Waals surface area contributed by atoms with Crippen molar-refractivity contribution in [2.75, 3.05) is 31.6 Å². The smallest absolute Gasteiger partial charge is 0.307 e. The number of allylic oxidation sites excluding steroid dienone is 2. The molecule has 1 aromatic rings. The fraction of sp³-hybridized carbons (Fsp3) is 0.609. The van der Waals surface area contributed by atoms with Gasteiger partial charge in [0.2, 0.25) is 5.91 Å². The van der Waals surface area contributed by atoms with Crippen molar-refractivity contribution in [1.29, 1.82) is 0 Å². The Morgan fingerprint density at radius 2 is 1.87 bits per heavy atom. The first-order valence-electron chi connectivity index (χ1n) is 11.2. The highest BCUT2D eigenvalue weighted by Crippen LogP contribution is 2.49. The Hall–Kier alpha value is -2.19. The van der Waals surface area contributed by atoms with Gasteiger partial charge in [0.15, 0.2) is 0 Å². The lowest BCUT2D eigenvalue weighted by Gasteiger charge is -2.28. The van der Waals surface area contributed by atoms with Crippen LogP contribution in [0.25, 0.3) is 0 Å². The summed E-state index contributed by atoms with van der Waals surface area (Å²) in [5.74, 6) is -2.08. The molecule has 5 rings (SSSR count). The van der Waals surface area contributed by atoms with Gasteiger partial charge in [-0.3, -0.25) is 14.4 Å². The average molecular weight is 445 g/mol. The summed E-state index contributed by atoms with van der Waals surface area (Å²) in [7, 11) is 0. The van der Waals surface area contributed by atoms with E-state index < -0.39 is 17.8 Å². The van der Waals surface area contributed by atoms with Crippen LogP contribution in [0.3, 0.4) is 0 Å². The minimum Gasteiger partial charge on any atom is -0.481 e. The SMILES string of the molecule is C[C@@H]1CCc2c(sc(NC(=O)[C@H]3[C@@H](C(=O)O)[C@H]4C=C[C@H]3C4)c2C(=O)N2CCOCC2)C1. The molecule has 8 heteroatoms. The number of anilines is 1. The molecule has 2 bridgehead atoms. The van der Waals surface area contributed by atoms with Crippen LogP contribution in [0.1, 0.15) is 40.6 Å². The van der Waals surface area contributed by atoms with Crippen molar-refractivity contribution < 1.29 is 24.2 Å². The van der Waals surface area contributed by atoms with E-state index in [1.807, 2.05) is 12.2 Å². The highest BCUT2D eigenvalue weighted by atomic mass is 32.1. The topological polar surface area (TPSA) is 95.9 Å². The number of carboxylic acids is 1. The van der Waals surface area contributed by atoms with E-state index in [9.17, 15) is 19.5 Å². The molecule has 0 aromatic carbocycles. The molecule has 0 spiro atoms. The van der Waals surface area contributed by atoms with E-state index in [0.29, 0.717) is 49.2 Å². The molecular weight excluding hydrogens is 416 g/mol. The van der Waals surface area contributed by atoms with Gasteiger partial charge in [-0.15, -0.1) is 11.3 Å². The van der Waals surface area contributed by atoms with Gasteiger partial charge >= 0.3 is 5.97 Å². The second-order valence-corrected chi connectivity index (χ2v) is 10.4. The number of fused-ring (bicyclic) bond motifs is 3. The lowest BCUT2D eigenvalue weighted by molar-refractivity contribution is -0.146. The Labute approximate surface area is 185 Å². The first kappa shape index (κ1) is 20.7. The van der Waals surface area contributed by atoms with Crippen LogP contribution in [-0.2, 0) is 27.2 Å². The summed E-state index contributed by atoms with van der Waals surface area (Å²) in [6, 6.07) is 0. The number of thiophene rings is 1. The second-order valence-electron chi connectivity index (χ2n) is 9.29. The number of morpholine rings is 1. The molecule has 0 unspecified atom stereocenters. The molecule has 166 valence electrons. The minimum atomic E-state index is -0.916. The van der Waals surface area contributed by atoms with Gasteiger partial charge in [0, 0.05) is 18.0 Å². The molecule has 2 fully saturated rings. The average Bonchev–Trinajstić information content (AvgIpc) is 3.46. The van der Waals surface area contributed by atoms with Gasteiger partial charge < -0.3 is 20.1 Å². The highest BCUT2D eigenvalue weighted by molar-refractivity contribution is 7.17. The third-order valence-corrected chi connectivity index (χ3v) is 8.48. The molecule has 31 heavy (non-hydrogen) atoms. The molecule has 1 aliphatic heterocycles. The van der Waals surface area contributed by atoms with Gasteiger partial charge in [-0.05, 0) is 49.0 Å². The van der Waals surface area contributed by atoms with Crippen LogP contribution in [0.2, 0.25) is 0 Å². The fourth-order valence-electron chi connectivity index (χ4n) is 5.70. The number of amides is 2. The van der Waals surface area contributed by atoms with E-state index in [1.165, 1.54) is 16.2 Å². The Kier molecular flexibility index (Phi) is 5.38. The molecule has 4 aliphatic rings. The van der Waals surface area contributed by atoms with Crippen LogP contribution < -0.4 is 5.32 Å². The van der Waals surface area contributed by atoms with E-state index in [2.05, 4.69) is 12.2 Å². The van der Waals surface area contributed by atoms with Gasteiger partial charge in [-0.1, -0.05) is 19.1 Å². The second kappa shape index (κ2) is 8.06. The summed E-state index contributed by atoms with van der Waals surface area (Å²) in [5.41, 5.74) is 1.69. The van der Waals surface area contributed by atoms with Gasteiger partial charge in [0.25, 0.3) is 5.91 Å². The van der Waals surface area contributed by atoms with E-state index in [4.69, 9.17) is 4.74 Å². The first-order valence-corrected chi connectivity index (χ1v) is 12.0. The number of nitrogens with zero attached hydrogens (tertiary/aromatic N) is 1. The molecule has 1 saturated heterocycles. The molecule has 2 N–H and O–H groups in total. The Bertz CT molecular complexity index is 948. The summed E-state index contributed by atoms with van der Waals surface area (Å²) in [6.07, 6.45) is 7.41. The lowest BCUT2D eigenvalue weighted by Crippen LogP contribution is -2.41. The molecule has 5 atom stereocenters. The van der Waals surface area contributed by atoms with Gasteiger partial charge in [-0.25, -0.2) is 0 Å². The van der Waals surface area contributed by atoms with Crippen LogP contribution in [-0.4, -0.2) is 54.1 Å². The number of carbonyl (C=O) groups is 3. The molecule has 0 radical (unpaired) electrons. The van der Waals surface area contributed by atoms with E-state index in [1.54, 1.807) is 4.90 Å². The summed E-state index contributed by atoms with van der Waals surface area (Å²) < 4.78 is 5.40. The maximum Gasteiger partial charge on any atom is 0.307 e. The summed E-state index contributed by atoms with van der Waals surface area (Å²) in [5, 5.41) is 13.3. The number of hydrogen-bond acceptors (Lipinski definition) is 5. The monoisotopic (exact) mass is 444 g/mol. The molecule has 3 aliphatic carbocycles. The third kappa shape index (κ3) is 3.59. The standard InChI is InChI=1S/C23H28N2O5S/c1-12-2-5-15-16(10-12)31-21(19(15)22(27)25-6-8-30-9-7-25)24-20(26)17-13-3-4-14(11-13)18(17)23(28)29/h3-4,12-14,17-18H,2,5-11H2,1H3,(H,24,26)(H,28,29)/t12-,13+,14+,17-,18+/m1/s1. The molecule has 1 aromatic heterocycles. The zero-order chi connectivity index (χ0) is 21.7. The van der Waals surface area contributed by atoms with Crippen LogP contribution in [0.4, 0.5) is 5.00 Å². The van der Waals surface area contributed by atoms with Crippen molar-refractivity contribution in [2.24, 2.45) is 29.6 Å². The maximum absolute atomic E-state index is 13.5. The van der Waals surface area contributed by atoms with Crippen molar-refractivity contribution in [3.63, 3.8) is 0 Å². The quantitative estimate of drug-likeness (QED) is 0.697. The highest BCUT2D eigenvalue weighted by Gasteiger charge is 2.52. The molecular formula is C23H28N2O5S. The predicted octanol–water partition coefficient (Wildman–Crippen LogP) is 2.81. The summed E-state index contributed by atoms with van der Waals surface area (Å²) in [6.45, 7) is 4.35. The number of rotatable bonds is 4. The molecule has 2 heterocycles. The zero-order valence-corrected chi connectivity index (χ0v) is 18.5. The van der Waals surface area contributed by atoms with Gasteiger partial charge in [-0.2, -0.15) is 0 Å². The summed E-state index contributed by atoms with van der Waals surface area (Å²) >= 11 is 1.50. The van der Waals surface area contributed by atoms with E-state index in [-0.39, 0.29) is 23.7 Å². The number of aliphatic carboxylic acids is 1. The Morgan fingerprint density at radius 3 is 2.58 bits per heavy atom. The van der Waals surface area contributed by atoms with Crippen LogP contribution in [0.15, 0.2) is 12.2 Å². The van der Waals surface area contributed by atoms with Crippen molar-refractivity contribution >= 4 is 34.1 Å². The van der Waals surface area contributed by atoms with E-state index in [0.717, 1.165) is 24.8 Å².